The zero-order valence-electron chi connectivity index (χ0n) is 11.9. The van der Waals surface area contributed by atoms with Crippen molar-refractivity contribution < 1.29 is 23.8 Å². The van der Waals surface area contributed by atoms with E-state index in [4.69, 9.17) is 14.3 Å². The van der Waals surface area contributed by atoms with Crippen LogP contribution < -0.4 is 4.74 Å². The highest BCUT2D eigenvalue weighted by atomic mass is 16.5. The molecule has 0 unspecified atom stereocenters. The van der Waals surface area contributed by atoms with Crippen LogP contribution in [0.1, 0.15) is 45.6 Å². The molecule has 0 saturated heterocycles. The van der Waals surface area contributed by atoms with Crippen LogP contribution in [0.3, 0.4) is 0 Å². The highest BCUT2D eigenvalue weighted by molar-refractivity contribution is 5.95. The van der Waals surface area contributed by atoms with Crippen LogP contribution in [0.15, 0.2) is 34.7 Å². The fourth-order valence-electron chi connectivity index (χ4n) is 1.93. The van der Waals surface area contributed by atoms with E-state index >= 15 is 0 Å². The fraction of sp³-hybridized carbons (Fsp3) is 0.250. The first kappa shape index (κ1) is 14.8. The van der Waals surface area contributed by atoms with Crippen molar-refractivity contribution in [3.05, 3.63) is 53.0 Å². The minimum Gasteiger partial charge on any atom is -0.486 e. The van der Waals surface area contributed by atoms with E-state index in [1.54, 1.807) is 37.3 Å². The molecule has 0 spiro atoms. The number of Topliss-reactive ketones (excluding diaryl/α,β-unsaturated/α-hetero) is 1. The third-order valence-electron chi connectivity index (χ3n) is 3.04. The quantitative estimate of drug-likeness (QED) is 0.824. The summed E-state index contributed by atoms with van der Waals surface area (Å²) in [6.07, 6.45) is 0.462. The second-order valence-electron chi connectivity index (χ2n) is 4.62. The highest BCUT2D eigenvalue weighted by Crippen LogP contribution is 2.18. The molecular formula is C16H16O5. The molecule has 0 radical (unpaired) electrons. The molecule has 0 aliphatic heterocycles. The Hall–Kier alpha value is -2.56. The van der Waals surface area contributed by atoms with E-state index in [-0.39, 0.29) is 18.2 Å². The lowest BCUT2D eigenvalue weighted by molar-refractivity contribution is 0.0657. The molecule has 1 heterocycles. The van der Waals surface area contributed by atoms with E-state index in [1.807, 2.05) is 6.92 Å². The molecule has 1 aromatic heterocycles. The van der Waals surface area contributed by atoms with Gasteiger partial charge >= 0.3 is 5.97 Å². The lowest BCUT2D eigenvalue weighted by Gasteiger charge is -2.05. The Morgan fingerprint density at radius 3 is 2.43 bits per heavy atom. The van der Waals surface area contributed by atoms with Gasteiger partial charge in [0.05, 0.1) is 0 Å². The summed E-state index contributed by atoms with van der Waals surface area (Å²) in [7, 11) is 0. The van der Waals surface area contributed by atoms with Crippen LogP contribution in [0.2, 0.25) is 0 Å². The Labute approximate surface area is 122 Å². The topological polar surface area (TPSA) is 76.7 Å². The molecule has 5 heteroatoms. The molecule has 0 saturated carbocycles. The molecule has 2 rings (SSSR count). The summed E-state index contributed by atoms with van der Waals surface area (Å²) in [4.78, 5) is 22.4. The molecule has 5 nitrogen and oxygen atoms in total. The molecule has 1 N–H and O–H groups in total. The van der Waals surface area contributed by atoms with E-state index in [1.165, 1.54) is 0 Å². The molecule has 0 fully saturated rings. The minimum absolute atomic E-state index is 0.0718. The highest BCUT2D eigenvalue weighted by Gasteiger charge is 2.14. The van der Waals surface area contributed by atoms with Gasteiger partial charge in [-0.2, -0.15) is 0 Å². The Morgan fingerprint density at radius 1 is 1.24 bits per heavy atom. The van der Waals surface area contributed by atoms with Crippen molar-refractivity contribution in [2.24, 2.45) is 0 Å². The van der Waals surface area contributed by atoms with E-state index < -0.39 is 5.97 Å². The standard InChI is InChI=1S/C16H16O5/c1-3-14(17)11-4-6-12(7-5-11)20-9-13-8-10(2)15(21-13)16(18)19/h4-8H,3,9H2,1-2H3,(H,18,19). The van der Waals surface area contributed by atoms with E-state index in [2.05, 4.69) is 0 Å². The van der Waals surface area contributed by atoms with Gasteiger partial charge in [0, 0.05) is 17.5 Å². The fourth-order valence-corrected chi connectivity index (χ4v) is 1.93. The number of hydrogen-bond donors (Lipinski definition) is 1. The van der Waals surface area contributed by atoms with Crippen LogP contribution in [0.25, 0.3) is 0 Å². The van der Waals surface area contributed by atoms with Gasteiger partial charge in [0.2, 0.25) is 5.76 Å². The number of aryl methyl sites for hydroxylation is 1. The van der Waals surface area contributed by atoms with Crippen LogP contribution in [-0.4, -0.2) is 16.9 Å². The van der Waals surface area contributed by atoms with Gasteiger partial charge in [-0.1, -0.05) is 6.92 Å². The summed E-state index contributed by atoms with van der Waals surface area (Å²) < 4.78 is 10.7. The van der Waals surface area contributed by atoms with Crippen LogP contribution >= 0.6 is 0 Å². The number of furan rings is 1. The maximum atomic E-state index is 11.5. The zero-order chi connectivity index (χ0) is 15.4. The summed E-state index contributed by atoms with van der Waals surface area (Å²) in [5.41, 5.74) is 1.21. The van der Waals surface area contributed by atoms with Crippen molar-refractivity contribution in [2.75, 3.05) is 0 Å². The maximum absolute atomic E-state index is 11.5. The molecule has 0 bridgehead atoms. The second-order valence-corrected chi connectivity index (χ2v) is 4.62. The molecule has 110 valence electrons. The van der Waals surface area contributed by atoms with Gasteiger partial charge in [-0.25, -0.2) is 4.79 Å². The number of hydrogen-bond acceptors (Lipinski definition) is 4. The van der Waals surface area contributed by atoms with E-state index in [9.17, 15) is 9.59 Å². The van der Waals surface area contributed by atoms with Gasteiger partial charge in [0.1, 0.15) is 18.1 Å². The molecule has 0 atom stereocenters. The Bertz CT molecular complexity index is 652. The van der Waals surface area contributed by atoms with Crippen LogP contribution in [0.5, 0.6) is 5.75 Å². The van der Waals surface area contributed by atoms with Crippen molar-refractivity contribution in [1.29, 1.82) is 0 Å². The number of benzene rings is 1. The summed E-state index contributed by atoms with van der Waals surface area (Å²) in [5, 5.41) is 8.90. The average Bonchev–Trinajstić information content (AvgIpc) is 2.86. The molecular weight excluding hydrogens is 272 g/mol. The van der Waals surface area contributed by atoms with Crippen molar-refractivity contribution in [3.8, 4) is 5.75 Å². The van der Waals surface area contributed by atoms with E-state index in [0.717, 1.165) is 0 Å². The number of carboxylic acids is 1. The van der Waals surface area contributed by atoms with Crippen molar-refractivity contribution >= 4 is 11.8 Å². The molecule has 0 aliphatic carbocycles. The molecule has 0 amide bonds. The monoisotopic (exact) mass is 288 g/mol. The first-order chi connectivity index (χ1) is 10.0. The second kappa shape index (κ2) is 6.26. The Morgan fingerprint density at radius 2 is 1.90 bits per heavy atom. The SMILES string of the molecule is CCC(=O)c1ccc(OCc2cc(C)c(C(=O)O)o2)cc1. The lowest BCUT2D eigenvalue weighted by Crippen LogP contribution is -1.98. The first-order valence-electron chi connectivity index (χ1n) is 6.60. The van der Waals surface area contributed by atoms with Crippen molar-refractivity contribution in [1.82, 2.24) is 0 Å². The van der Waals surface area contributed by atoms with Gasteiger partial charge in [-0.15, -0.1) is 0 Å². The predicted octanol–water partition coefficient (Wildman–Crippen LogP) is 3.46. The van der Waals surface area contributed by atoms with Gasteiger partial charge in [-0.3, -0.25) is 4.79 Å². The number of ether oxygens (including phenoxy) is 1. The van der Waals surface area contributed by atoms with Gasteiger partial charge < -0.3 is 14.3 Å². The van der Waals surface area contributed by atoms with Gasteiger partial charge in [-0.05, 0) is 37.3 Å². The maximum Gasteiger partial charge on any atom is 0.372 e. The number of ketones is 1. The first-order valence-corrected chi connectivity index (χ1v) is 6.60. The smallest absolute Gasteiger partial charge is 0.372 e. The summed E-state index contributed by atoms with van der Waals surface area (Å²) in [6, 6.07) is 8.46. The molecule has 0 aliphatic rings. The lowest BCUT2D eigenvalue weighted by atomic mass is 10.1. The summed E-state index contributed by atoms with van der Waals surface area (Å²) >= 11 is 0. The number of carbonyl (C=O) groups excluding carboxylic acids is 1. The van der Waals surface area contributed by atoms with Gasteiger partial charge in [0.15, 0.2) is 5.78 Å². The Kier molecular flexibility index (Phi) is 4.42. The zero-order valence-corrected chi connectivity index (χ0v) is 11.9. The number of carboxylic acid groups (broad SMARTS) is 1. The minimum atomic E-state index is -1.10. The number of carbonyl (C=O) groups is 2. The van der Waals surface area contributed by atoms with Crippen molar-refractivity contribution in [2.45, 2.75) is 26.9 Å². The van der Waals surface area contributed by atoms with Crippen LogP contribution in [0, 0.1) is 6.92 Å². The number of rotatable bonds is 6. The third kappa shape index (κ3) is 3.51. The third-order valence-corrected chi connectivity index (χ3v) is 3.04. The van der Waals surface area contributed by atoms with Crippen molar-refractivity contribution in [3.63, 3.8) is 0 Å². The predicted molar refractivity (Wildman–Crippen MR) is 75.8 cm³/mol. The van der Waals surface area contributed by atoms with Crippen LogP contribution in [0.4, 0.5) is 0 Å². The van der Waals surface area contributed by atoms with Crippen LogP contribution in [-0.2, 0) is 6.61 Å². The summed E-state index contributed by atoms with van der Waals surface area (Å²) in [6.45, 7) is 3.61. The van der Waals surface area contributed by atoms with Gasteiger partial charge in [0.25, 0.3) is 0 Å². The van der Waals surface area contributed by atoms with E-state index in [0.29, 0.717) is 29.1 Å². The largest absolute Gasteiger partial charge is 0.486 e. The number of aromatic carboxylic acids is 1. The molecule has 21 heavy (non-hydrogen) atoms. The molecule has 1 aromatic carbocycles. The normalized spacial score (nSPS) is 10.4. The Balaban J connectivity index is 2.01. The average molecular weight is 288 g/mol. The molecule has 2 aromatic rings. The summed E-state index contributed by atoms with van der Waals surface area (Å²) in [5.74, 6) is -0.0554.